The summed E-state index contributed by atoms with van der Waals surface area (Å²) in [6.45, 7) is 1.61. The fourth-order valence-corrected chi connectivity index (χ4v) is 2.71. The number of hydrogen-bond donors (Lipinski definition) is 1. The lowest BCUT2D eigenvalue weighted by Gasteiger charge is -2.23. The van der Waals surface area contributed by atoms with Crippen molar-refractivity contribution in [2.75, 3.05) is 4.90 Å². The van der Waals surface area contributed by atoms with Crippen molar-refractivity contribution < 1.29 is 10.5 Å². The maximum absolute atomic E-state index is 12.1. The van der Waals surface area contributed by atoms with Gasteiger partial charge in [-0.1, -0.05) is 24.3 Å². The number of aryl methyl sites for hydroxylation is 2. The number of fused-ring (bicyclic) bond motifs is 2. The lowest BCUT2D eigenvalue weighted by molar-refractivity contribution is -0.254. The molecule has 1 aliphatic heterocycles. The van der Waals surface area contributed by atoms with Crippen LogP contribution in [0.1, 0.15) is 18.1 Å². The molecule has 3 rings (SSSR count). The van der Waals surface area contributed by atoms with Gasteiger partial charge < -0.3 is 5.73 Å². The van der Waals surface area contributed by atoms with Gasteiger partial charge in [-0.25, -0.2) is 0 Å². The lowest BCUT2D eigenvalue weighted by Crippen LogP contribution is -2.40. The normalized spacial score (nSPS) is 13.5. The molecule has 3 nitrogen and oxygen atoms in total. The van der Waals surface area contributed by atoms with Crippen molar-refractivity contribution in [1.82, 2.24) is 0 Å². The topological polar surface area (TPSA) is 48.0 Å². The number of para-hydroxylation sites is 1. The van der Waals surface area contributed by atoms with Crippen LogP contribution in [-0.2, 0) is 17.6 Å². The Morgan fingerprint density at radius 2 is 1.74 bits per heavy atom. The third-order valence-corrected chi connectivity index (χ3v) is 3.60. The molecule has 0 aliphatic carbocycles. The average molecular weight is 253 g/mol. The fraction of sp³-hybridized carbons (Fsp3) is 0.188. The molecule has 96 valence electrons. The van der Waals surface area contributed by atoms with E-state index in [1.165, 1.54) is 11.1 Å². The standard InChI is InChI=1S/C16H16N2O/c1-11(19)18-15-5-3-2-4-12(15)6-7-13-8-9-14(17)10-16(13)18/h2-5,8-10H,6-7,17H2,1H3/p+1. The van der Waals surface area contributed by atoms with E-state index in [1.54, 1.807) is 6.92 Å². The Labute approximate surface area is 112 Å². The minimum absolute atomic E-state index is 0.0428. The number of nitrogens with zero attached hydrogens (tertiary/aromatic N) is 1. The van der Waals surface area contributed by atoms with Gasteiger partial charge in [0.2, 0.25) is 5.91 Å². The predicted octanol–water partition coefficient (Wildman–Crippen LogP) is 2.34. The Hall–Kier alpha value is -2.13. The predicted molar refractivity (Wildman–Crippen MR) is 75.7 cm³/mol. The van der Waals surface area contributed by atoms with Gasteiger partial charge in [0.25, 0.3) is 0 Å². The van der Waals surface area contributed by atoms with Crippen molar-refractivity contribution in [1.29, 1.82) is 0 Å². The smallest absolute Gasteiger partial charge is 0.228 e. The average Bonchev–Trinajstić information content (AvgIpc) is 2.54. The summed E-state index contributed by atoms with van der Waals surface area (Å²) in [6, 6.07) is 14.2. The van der Waals surface area contributed by atoms with Gasteiger partial charge in [-0.3, -0.25) is 9.69 Å². The van der Waals surface area contributed by atoms with Crippen molar-refractivity contribution in [2.45, 2.75) is 19.8 Å². The molecule has 0 saturated carbocycles. The summed E-state index contributed by atoms with van der Waals surface area (Å²) in [6.07, 6.45) is 1.92. The quantitative estimate of drug-likeness (QED) is 0.769. The molecular formula is C16H17N2O+. The van der Waals surface area contributed by atoms with Gasteiger partial charge in [-0.05, 0) is 36.1 Å². The van der Waals surface area contributed by atoms with E-state index in [1.807, 2.05) is 35.2 Å². The molecule has 0 fully saturated rings. The van der Waals surface area contributed by atoms with Crippen molar-refractivity contribution in [3.05, 3.63) is 53.6 Å². The van der Waals surface area contributed by atoms with Crippen molar-refractivity contribution in [3.8, 4) is 0 Å². The van der Waals surface area contributed by atoms with E-state index in [0.717, 1.165) is 29.9 Å². The van der Waals surface area contributed by atoms with Crippen LogP contribution in [0.5, 0.6) is 0 Å². The molecule has 0 spiro atoms. The highest BCUT2D eigenvalue weighted by molar-refractivity contribution is 6.01. The summed E-state index contributed by atoms with van der Waals surface area (Å²) in [5, 5.41) is 0. The van der Waals surface area contributed by atoms with E-state index < -0.39 is 0 Å². The van der Waals surface area contributed by atoms with E-state index in [-0.39, 0.29) is 5.91 Å². The summed E-state index contributed by atoms with van der Waals surface area (Å²) in [5.74, 6) is 0.0428. The largest absolute Gasteiger partial charge is 0.325 e. The Morgan fingerprint density at radius 3 is 2.47 bits per heavy atom. The first-order chi connectivity index (χ1) is 9.16. The third-order valence-electron chi connectivity index (χ3n) is 3.60. The van der Waals surface area contributed by atoms with Crippen LogP contribution in [0.3, 0.4) is 0 Å². The summed E-state index contributed by atoms with van der Waals surface area (Å²) >= 11 is 0. The molecule has 0 bridgehead atoms. The van der Waals surface area contributed by atoms with E-state index in [2.05, 4.69) is 17.9 Å². The van der Waals surface area contributed by atoms with Crippen LogP contribution < -0.4 is 10.6 Å². The summed E-state index contributed by atoms with van der Waals surface area (Å²) in [4.78, 5) is 13.9. The van der Waals surface area contributed by atoms with Gasteiger partial charge in [0, 0.05) is 13.0 Å². The summed E-state index contributed by atoms with van der Waals surface area (Å²) < 4.78 is 0. The molecule has 0 unspecified atom stereocenters. The van der Waals surface area contributed by atoms with E-state index in [4.69, 9.17) is 0 Å². The van der Waals surface area contributed by atoms with Crippen LogP contribution in [0.25, 0.3) is 0 Å². The number of amides is 1. The molecule has 3 N–H and O–H groups in total. The first-order valence-electron chi connectivity index (χ1n) is 6.50. The maximum atomic E-state index is 12.1. The molecule has 1 aliphatic rings. The number of benzene rings is 2. The molecule has 1 heterocycles. The van der Waals surface area contributed by atoms with Crippen LogP contribution >= 0.6 is 0 Å². The Balaban J connectivity index is 2.25. The number of carbonyl (C=O) groups is 1. The van der Waals surface area contributed by atoms with Crippen molar-refractivity contribution in [2.24, 2.45) is 0 Å². The molecular weight excluding hydrogens is 236 g/mol. The highest BCUT2D eigenvalue weighted by atomic mass is 16.2. The van der Waals surface area contributed by atoms with Crippen LogP contribution in [0.2, 0.25) is 0 Å². The van der Waals surface area contributed by atoms with Crippen LogP contribution in [-0.4, -0.2) is 5.91 Å². The molecule has 1 amide bonds. The van der Waals surface area contributed by atoms with Crippen molar-refractivity contribution in [3.63, 3.8) is 0 Å². The van der Waals surface area contributed by atoms with Gasteiger partial charge in [0.15, 0.2) is 0 Å². The highest BCUT2D eigenvalue weighted by Crippen LogP contribution is 2.36. The molecule has 2 aromatic rings. The van der Waals surface area contributed by atoms with E-state index >= 15 is 0 Å². The lowest BCUT2D eigenvalue weighted by atomic mass is 10.0. The highest BCUT2D eigenvalue weighted by Gasteiger charge is 2.23. The second kappa shape index (κ2) is 4.52. The minimum atomic E-state index is 0.0428. The summed E-state index contributed by atoms with van der Waals surface area (Å²) in [5.41, 5.74) is 9.31. The first-order valence-corrected chi connectivity index (χ1v) is 6.50. The van der Waals surface area contributed by atoms with Crippen LogP contribution in [0.15, 0.2) is 42.5 Å². The first kappa shape index (κ1) is 11.9. The monoisotopic (exact) mass is 253 g/mol. The van der Waals surface area contributed by atoms with Crippen LogP contribution in [0.4, 0.5) is 17.1 Å². The molecule has 0 aromatic heterocycles. The summed E-state index contributed by atoms with van der Waals surface area (Å²) in [7, 11) is 0. The van der Waals surface area contributed by atoms with Gasteiger partial charge in [0.05, 0.1) is 11.4 Å². The number of hydrogen-bond acceptors (Lipinski definition) is 1. The molecule has 3 heteroatoms. The second-order valence-corrected chi connectivity index (χ2v) is 4.95. The number of carbonyl (C=O) groups excluding carboxylic acids is 1. The second-order valence-electron chi connectivity index (χ2n) is 4.95. The van der Waals surface area contributed by atoms with E-state index in [9.17, 15) is 4.79 Å². The molecule has 2 aromatic carbocycles. The Bertz CT molecular complexity index is 649. The number of anilines is 2. The van der Waals surface area contributed by atoms with Gasteiger partial charge in [-0.15, -0.1) is 0 Å². The van der Waals surface area contributed by atoms with E-state index in [0.29, 0.717) is 0 Å². The van der Waals surface area contributed by atoms with Gasteiger partial charge in [0.1, 0.15) is 5.69 Å². The minimum Gasteiger partial charge on any atom is -0.325 e. The zero-order chi connectivity index (χ0) is 13.4. The Morgan fingerprint density at radius 1 is 1.05 bits per heavy atom. The zero-order valence-corrected chi connectivity index (χ0v) is 11.0. The zero-order valence-electron chi connectivity index (χ0n) is 11.0. The van der Waals surface area contributed by atoms with Gasteiger partial charge >= 0.3 is 0 Å². The van der Waals surface area contributed by atoms with Crippen LogP contribution in [0, 0.1) is 0 Å². The molecule has 0 atom stereocenters. The number of rotatable bonds is 0. The Kier molecular flexibility index (Phi) is 2.84. The van der Waals surface area contributed by atoms with Crippen molar-refractivity contribution >= 4 is 23.0 Å². The third kappa shape index (κ3) is 2.02. The maximum Gasteiger partial charge on any atom is 0.228 e. The molecule has 0 saturated heterocycles. The molecule has 0 radical (unpaired) electrons. The fourth-order valence-electron chi connectivity index (χ4n) is 2.71. The number of quaternary nitrogens is 1. The SMILES string of the molecule is CC(=O)N1c2ccccc2CCc2ccc([NH3+])cc21. The van der Waals surface area contributed by atoms with Gasteiger partial charge in [-0.2, -0.15) is 0 Å². The molecule has 19 heavy (non-hydrogen) atoms.